The number of hydrogen-bond acceptors (Lipinski definition) is 1. The van der Waals surface area contributed by atoms with Gasteiger partial charge >= 0.3 is 0 Å². The fourth-order valence-electron chi connectivity index (χ4n) is 2.91. The van der Waals surface area contributed by atoms with Crippen LogP contribution in [0.3, 0.4) is 0 Å². The van der Waals surface area contributed by atoms with Crippen LogP contribution in [0.15, 0.2) is 18.2 Å². The van der Waals surface area contributed by atoms with Crippen LogP contribution in [0.2, 0.25) is 0 Å². The minimum atomic E-state index is -0.365. The van der Waals surface area contributed by atoms with Crippen LogP contribution in [-0.4, -0.2) is 6.54 Å². The lowest BCUT2D eigenvalue weighted by Gasteiger charge is -2.34. The molecular formula is C14H19F2N. The van der Waals surface area contributed by atoms with E-state index in [9.17, 15) is 8.78 Å². The molecular weight excluding hydrogens is 220 g/mol. The molecule has 3 atom stereocenters. The fourth-order valence-corrected chi connectivity index (χ4v) is 2.91. The molecule has 1 nitrogen and oxygen atoms in total. The number of rotatable bonds is 2. The standard InChI is InChI=1S/C14H19F2N/c1-9-2-3-10(8-17)12(6-9)13-7-11(15)4-5-14(13)16/h4-5,7,9-10,12H,2-3,6,8,17H2,1H3. The van der Waals surface area contributed by atoms with Crippen molar-refractivity contribution in [2.45, 2.75) is 32.1 Å². The third-order valence-corrected chi connectivity index (χ3v) is 3.92. The van der Waals surface area contributed by atoms with E-state index < -0.39 is 0 Å². The topological polar surface area (TPSA) is 26.0 Å². The van der Waals surface area contributed by atoms with Gasteiger partial charge in [0.15, 0.2) is 0 Å². The molecule has 0 aliphatic heterocycles. The molecule has 3 unspecified atom stereocenters. The molecule has 17 heavy (non-hydrogen) atoms. The molecule has 2 rings (SSSR count). The molecule has 0 aromatic heterocycles. The normalized spacial score (nSPS) is 29.3. The lowest BCUT2D eigenvalue weighted by molar-refractivity contribution is 0.249. The van der Waals surface area contributed by atoms with Crippen LogP contribution in [0.25, 0.3) is 0 Å². The van der Waals surface area contributed by atoms with E-state index in [0.717, 1.165) is 19.3 Å². The molecule has 0 radical (unpaired) electrons. The molecule has 1 saturated carbocycles. The average molecular weight is 239 g/mol. The summed E-state index contributed by atoms with van der Waals surface area (Å²) in [5.41, 5.74) is 6.25. The monoisotopic (exact) mass is 239 g/mol. The summed E-state index contributed by atoms with van der Waals surface area (Å²) in [6, 6.07) is 3.72. The van der Waals surface area contributed by atoms with Crippen molar-refractivity contribution >= 4 is 0 Å². The maximum atomic E-state index is 13.8. The van der Waals surface area contributed by atoms with Crippen molar-refractivity contribution in [3.63, 3.8) is 0 Å². The molecule has 94 valence electrons. The van der Waals surface area contributed by atoms with Crippen molar-refractivity contribution < 1.29 is 8.78 Å². The highest BCUT2D eigenvalue weighted by atomic mass is 19.1. The van der Waals surface area contributed by atoms with Crippen LogP contribution in [0.1, 0.15) is 37.7 Å². The first-order valence-corrected chi connectivity index (χ1v) is 6.26. The summed E-state index contributed by atoms with van der Waals surface area (Å²) < 4.78 is 27.0. The molecule has 0 saturated heterocycles. The predicted octanol–water partition coefficient (Wildman–Crippen LogP) is 3.44. The van der Waals surface area contributed by atoms with Crippen LogP contribution in [0.4, 0.5) is 8.78 Å². The smallest absolute Gasteiger partial charge is 0.126 e. The predicted molar refractivity (Wildman–Crippen MR) is 64.7 cm³/mol. The maximum absolute atomic E-state index is 13.8. The van der Waals surface area contributed by atoms with E-state index in [4.69, 9.17) is 5.73 Å². The molecule has 3 heteroatoms. The Labute approximate surface area is 101 Å². The van der Waals surface area contributed by atoms with E-state index >= 15 is 0 Å². The Morgan fingerprint density at radius 1 is 1.29 bits per heavy atom. The summed E-state index contributed by atoms with van der Waals surface area (Å²) >= 11 is 0. The summed E-state index contributed by atoms with van der Waals surface area (Å²) in [6.07, 6.45) is 3.05. The third kappa shape index (κ3) is 2.65. The van der Waals surface area contributed by atoms with Gasteiger partial charge in [0.05, 0.1) is 0 Å². The van der Waals surface area contributed by atoms with E-state index in [-0.39, 0.29) is 23.5 Å². The Morgan fingerprint density at radius 3 is 2.76 bits per heavy atom. The molecule has 1 aliphatic carbocycles. The SMILES string of the molecule is CC1CCC(CN)C(c2cc(F)ccc2F)C1. The first kappa shape index (κ1) is 12.5. The Hall–Kier alpha value is -0.960. The summed E-state index contributed by atoms with van der Waals surface area (Å²) in [5.74, 6) is 0.242. The van der Waals surface area contributed by atoms with Crippen LogP contribution in [-0.2, 0) is 0 Å². The Morgan fingerprint density at radius 2 is 2.06 bits per heavy atom. The first-order chi connectivity index (χ1) is 8.11. The van der Waals surface area contributed by atoms with Gasteiger partial charge in [0.2, 0.25) is 0 Å². The highest BCUT2D eigenvalue weighted by Crippen LogP contribution is 2.40. The average Bonchev–Trinajstić information content (AvgIpc) is 2.32. The fraction of sp³-hybridized carbons (Fsp3) is 0.571. The van der Waals surface area contributed by atoms with Gasteiger partial charge in [0.25, 0.3) is 0 Å². The number of benzene rings is 1. The highest BCUT2D eigenvalue weighted by molar-refractivity contribution is 5.24. The minimum absolute atomic E-state index is 0.0689. The van der Waals surface area contributed by atoms with E-state index in [1.807, 2.05) is 0 Å². The van der Waals surface area contributed by atoms with Gasteiger partial charge < -0.3 is 5.73 Å². The maximum Gasteiger partial charge on any atom is 0.126 e. The van der Waals surface area contributed by atoms with Gasteiger partial charge in [-0.25, -0.2) is 8.78 Å². The van der Waals surface area contributed by atoms with E-state index in [0.29, 0.717) is 18.0 Å². The van der Waals surface area contributed by atoms with Crippen molar-refractivity contribution in [2.24, 2.45) is 17.6 Å². The Kier molecular flexibility index (Phi) is 3.77. The van der Waals surface area contributed by atoms with Crippen molar-refractivity contribution in [1.29, 1.82) is 0 Å². The third-order valence-electron chi connectivity index (χ3n) is 3.92. The van der Waals surface area contributed by atoms with Gasteiger partial charge in [-0.1, -0.05) is 13.3 Å². The molecule has 1 fully saturated rings. The van der Waals surface area contributed by atoms with Crippen LogP contribution >= 0.6 is 0 Å². The highest BCUT2D eigenvalue weighted by Gasteiger charge is 2.30. The largest absolute Gasteiger partial charge is 0.330 e. The second-order valence-electron chi connectivity index (χ2n) is 5.19. The number of hydrogen-bond donors (Lipinski definition) is 1. The van der Waals surface area contributed by atoms with Gasteiger partial charge in [-0.15, -0.1) is 0 Å². The summed E-state index contributed by atoms with van der Waals surface area (Å²) in [4.78, 5) is 0. The minimum Gasteiger partial charge on any atom is -0.330 e. The molecule has 2 N–H and O–H groups in total. The summed E-state index contributed by atoms with van der Waals surface area (Å²) in [6.45, 7) is 2.71. The van der Waals surface area contributed by atoms with Gasteiger partial charge in [-0.2, -0.15) is 0 Å². The quantitative estimate of drug-likeness (QED) is 0.840. The zero-order valence-electron chi connectivity index (χ0n) is 10.1. The molecule has 0 spiro atoms. The lowest BCUT2D eigenvalue weighted by Crippen LogP contribution is -2.28. The van der Waals surface area contributed by atoms with Gasteiger partial charge in [-0.05, 0) is 60.9 Å². The number of halogens is 2. The van der Waals surface area contributed by atoms with Gasteiger partial charge in [0.1, 0.15) is 11.6 Å². The Balaban J connectivity index is 2.31. The van der Waals surface area contributed by atoms with Crippen LogP contribution in [0.5, 0.6) is 0 Å². The van der Waals surface area contributed by atoms with Crippen molar-refractivity contribution in [2.75, 3.05) is 6.54 Å². The van der Waals surface area contributed by atoms with Crippen molar-refractivity contribution in [3.8, 4) is 0 Å². The Bertz CT molecular complexity index is 392. The molecule has 0 amide bonds. The molecule has 1 aromatic rings. The molecule has 1 aromatic carbocycles. The summed E-state index contributed by atoms with van der Waals surface area (Å²) in [5, 5.41) is 0. The lowest BCUT2D eigenvalue weighted by atomic mass is 9.71. The number of nitrogens with two attached hydrogens (primary N) is 1. The molecule has 0 heterocycles. The van der Waals surface area contributed by atoms with E-state index in [1.54, 1.807) is 0 Å². The van der Waals surface area contributed by atoms with E-state index in [2.05, 4.69) is 6.92 Å². The molecule has 1 aliphatic rings. The summed E-state index contributed by atoms with van der Waals surface area (Å²) in [7, 11) is 0. The zero-order chi connectivity index (χ0) is 12.4. The van der Waals surface area contributed by atoms with Gasteiger partial charge in [0, 0.05) is 0 Å². The zero-order valence-corrected chi connectivity index (χ0v) is 10.1. The van der Waals surface area contributed by atoms with Gasteiger partial charge in [-0.3, -0.25) is 0 Å². The van der Waals surface area contributed by atoms with Crippen LogP contribution in [0, 0.1) is 23.5 Å². The second kappa shape index (κ2) is 5.13. The van der Waals surface area contributed by atoms with Crippen LogP contribution < -0.4 is 5.73 Å². The van der Waals surface area contributed by atoms with Crippen molar-refractivity contribution in [3.05, 3.63) is 35.4 Å². The molecule has 0 bridgehead atoms. The van der Waals surface area contributed by atoms with Crippen molar-refractivity contribution in [1.82, 2.24) is 0 Å². The second-order valence-corrected chi connectivity index (χ2v) is 5.19. The first-order valence-electron chi connectivity index (χ1n) is 6.26. The van der Waals surface area contributed by atoms with E-state index in [1.165, 1.54) is 18.2 Å².